The summed E-state index contributed by atoms with van der Waals surface area (Å²) in [5.74, 6) is 1.12. The Morgan fingerprint density at radius 3 is 3.05 bits per heavy atom. The molecule has 3 rings (SSSR count). The molecule has 1 aromatic carbocycles. The van der Waals surface area contributed by atoms with Crippen LogP contribution in [0.2, 0.25) is 5.02 Å². The lowest BCUT2D eigenvalue weighted by Gasteiger charge is -2.02. The maximum absolute atomic E-state index is 12.0. The predicted molar refractivity (Wildman–Crippen MR) is 86.4 cm³/mol. The lowest BCUT2D eigenvalue weighted by atomic mass is 10.2. The molecule has 0 fully saturated rings. The second kappa shape index (κ2) is 6.00. The largest absolute Gasteiger partial charge is 0.363 e. The lowest BCUT2D eigenvalue weighted by molar-refractivity contribution is 1.00. The Morgan fingerprint density at radius 1 is 1.43 bits per heavy atom. The number of H-pyrrole nitrogens is 1. The summed E-state index contributed by atoms with van der Waals surface area (Å²) in [5.41, 5.74) is 0.443. The van der Waals surface area contributed by atoms with Crippen LogP contribution in [0.3, 0.4) is 0 Å². The van der Waals surface area contributed by atoms with Crippen LogP contribution in [0.4, 0.5) is 5.13 Å². The van der Waals surface area contributed by atoms with Crippen LogP contribution >= 0.6 is 34.7 Å². The molecule has 0 aliphatic rings. The highest BCUT2D eigenvalue weighted by Crippen LogP contribution is 2.27. The molecule has 0 aliphatic carbocycles. The van der Waals surface area contributed by atoms with Gasteiger partial charge in [0.2, 0.25) is 5.13 Å². The van der Waals surface area contributed by atoms with Gasteiger partial charge < -0.3 is 10.3 Å². The van der Waals surface area contributed by atoms with Gasteiger partial charge in [0.25, 0.3) is 5.56 Å². The van der Waals surface area contributed by atoms with E-state index in [1.165, 1.54) is 23.1 Å². The van der Waals surface area contributed by atoms with Crippen molar-refractivity contribution in [3.63, 3.8) is 0 Å². The van der Waals surface area contributed by atoms with Crippen molar-refractivity contribution in [2.45, 2.75) is 10.1 Å². The zero-order valence-corrected chi connectivity index (χ0v) is 13.3. The van der Waals surface area contributed by atoms with Gasteiger partial charge in [-0.2, -0.15) is 0 Å². The number of halogens is 1. The molecule has 0 spiro atoms. The van der Waals surface area contributed by atoms with Gasteiger partial charge in [0.1, 0.15) is 5.82 Å². The monoisotopic (exact) mass is 339 g/mol. The Hall–Kier alpha value is -1.64. The molecule has 0 unspecified atom stereocenters. The van der Waals surface area contributed by atoms with Crippen molar-refractivity contribution in [1.29, 1.82) is 0 Å². The predicted octanol–water partition coefficient (Wildman–Crippen LogP) is 2.76. The fourth-order valence-corrected chi connectivity index (χ4v) is 3.47. The van der Waals surface area contributed by atoms with Crippen LogP contribution in [0, 0.1) is 0 Å². The lowest BCUT2D eigenvalue weighted by Crippen LogP contribution is -2.11. The summed E-state index contributed by atoms with van der Waals surface area (Å²) in [6.07, 6.45) is 0. The Morgan fingerprint density at radius 2 is 2.29 bits per heavy atom. The molecule has 0 saturated heterocycles. The molecule has 2 N–H and O–H groups in total. The average Bonchev–Trinajstić information content (AvgIpc) is 2.94. The molecule has 6 nitrogen and oxygen atoms in total. The molecule has 0 radical (unpaired) electrons. The van der Waals surface area contributed by atoms with Crippen LogP contribution in [-0.2, 0) is 5.75 Å². The Balaban J connectivity index is 1.84. The van der Waals surface area contributed by atoms with Crippen molar-refractivity contribution >= 4 is 50.7 Å². The molecule has 0 amide bonds. The number of anilines is 1. The summed E-state index contributed by atoms with van der Waals surface area (Å²) in [5, 5.41) is 12.7. The van der Waals surface area contributed by atoms with Crippen molar-refractivity contribution in [1.82, 2.24) is 20.2 Å². The number of benzene rings is 1. The van der Waals surface area contributed by atoms with Crippen LogP contribution < -0.4 is 10.9 Å². The second-order valence-corrected chi connectivity index (χ2v) is 6.72. The number of hydrogen-bond acceptors (Lipinski definition) is 7. The zero-order valence-electron chi connectivity index (χ0n) is 10.9. The number of rotatable bonds is 4. The Kier molecular flexibility index (Phi) is 4.09. The third-order valence-corrected chi connectivity index (χ3v) is 4.99. The van der Waals surface area contributed by atoms with E-state index in [-0.39, 0.29) is 5.56 Å². The number of aromatic amines is 1. The topological polar surface area (TPSA) is 83.6 Å². The Bertz CT molecular complexity index is 847. The van der Waals surface area contributed by atoms with E-state index < -0.39 is 0 Å². The molecule has 3 aromatic rings. The highest BCUT2D eigenvalue weighted by molar-refractivity contribution is 8.00. The maximum Gasteiger partial charge on any atom is 0.258 e. The third-order valence-electron chi connectivity index (χ3n) is 2.67. The molecule has 21 heavy (non-hydrogen) atoms. The highest BCUT2D eigenvalue weighted by atomic mass is 35.5. The van der Waals surface area contributed by atoms with Gasteiger partial charge in [-0.05, 0) is 18.2 Å². The minimum atomic E-state index is -0.189. The fraction of sp³-hybridized carbons (Fsp3) is 0.167. The number of thioether (sulfide) groups is 1. The van der Waals surface area contributed by atoms with E-state index in [2.05, 4.69) is 25.5 Å². The second-order valence-electron chi connectivity index (χ2n) is 4.09. The first-order chi connectivity index (χ1) is 10.2. The van der Waals surface area contributed by atoms with E-state index in [4.69, 9.17) is 11.6 Å². The highest BCUT2D eigenvalue weighted by Gasteiger charge is 2.08. The van der Waals surface area contributed by atoms with E-state index in [0.717, 1.165) is 9.47 Å². The molecular formula is C12H10ClN5OS2. The third kappa shape index (κ3) is 3.17. The number of fused-ring (bicyclic) bond motifs is 1. The first-order valence-corrected chi connectivity index (χ1v) is 8.16. The summed E-state index contributed by atoms with van der Waals surface area (Å²) in [7, 11) is 1.79. The van der Waals surface area contributed by atoms with Gasteiger partial charge in [-0.3, -0.25) is 4.79 Å². The summed E-state index contributed by atoms with van der Waals surface area (Å²) >= 11 is 8.81. The molecule has 2 aromatic heterocycles. The molecule has 0 saturated carbocycles. The summed E-state index contributed by atoms with van der Waals surface area (Å²) in [6, 6.07) is 5.08. The Labute approximate surface area is 133 Å². The van der Waals surface area contributed by atoms with Crippen LogP contribution in [0.25, 0.3) is 10.9 Å². The van der Waals surface area contributed by atoms with E-state index in [9.17, 15) is 4.79 Å². The first kappa shape index (κ1) is 14.3. The maximum atomic E-state index is 12.0. The molecule has 0 atom stereocenters. The SMILES string of the molecule is CNc1nnc(SCc2nc3ccc(Cl)cc3c(=O)[nH]2)s1. The van der Waals surface area contributed by atoms with Gasteiger partial charge in [-0.15, -0.1) is 10.2 Å². The van der Waals surface area contributed by atoms with Crippen molar-refractivity contribution in [3.05, 3.63) is 39.4 Å². The normalized spacial score (nSPS) is 11.0. The summed E-state index contributed by atoms with van der Waals surface area (Å²) < 4.78 is 0.818. The van der Waals surface area contributed by atoms with Crippen molar-refractivity contribution in [3.8, 4) is 0 Å². The molecule has 0 aliphatic heterocycles. The molecule has 9 heteroatoms. The number of hydrogen-bond donors (Lipinski definition) is 2. The number of nitrogens with one attached hydrogen (secondary N) is 2. The van der Waals surface area contributed by atoms with Gasteiger partial charge in [0.05, 0.1) is 16.7 Å². The van der Waals surface area contributed by atoms with Gasteiger partial charge in [-0.25, -0.2) is 4.98 Å². The standard InChI is InChI=1S/C12H10ClN5OS2/c1-14-11-17-18-12(21-11)20-5-9-15-8-3-2-6(13)4-7(8)10(19)16-9/h2-4H,5H2,1H3,(H,14,17)(H,15,16,19). The average molecular weight is 340 g/mol. The first-order valence-electron chi connectivity index (χ1n) is 5.98. The minimum absolute atomic E-state index is 0.189. The van der Waals surface area contributed by atoms with Crippen LogP contribution in [0.1, 0.15) is 5.82 Å². The molecule has 0 bridgehead atoms. The van der Waals surface area contributed by atoms with Gasteiger partial charge in [-0.1, -0.05) is 34.7 Å². The summed E-state index contributed by atoms with van der Waals surface area (Å²) in [6.45, 7) is 0. The minimum Gasteiger partial charge on any atom is -0.363 e. The van der Waals surface area contributed by atoms with Crippen LogP contribution in [0.5, 0.6) is 0 Å². The fourth-order valence-electron chi connectivity index (χ4n) is 1.73. The number of nitrogens with zero attached hydrogens (tertiary/aromatic N) is 3. The van der Waals surface area contributed by atoms with E-state index in [0.29, 0.717) is 27.5 Å². The van der Waals surface area contributed by atoms with Crippen LogP contribution in [0.15, 0.2) is 27.3 Å². The summed E-state index contributed by atoms with van der Waals surface area (Å²) in [4.78, 5) is 19.2. The van der Waals surface area contributed by atoms with Gasteiger partial charge in [0.15, 0.2) is 4.34 Å². The zero-order chi connectivity index (χ0) is 14.8. The van der Waals surface area contributed by atoms with E-state index in [1.807, 2.05) is 0 Å². The molecule has 2 heterocycles. The van der Waals surface area contributed by atoms with Crippen molar-refractivity contribution in [2.75, 3.05) is 12.4 Å². The van der Waals surface area contributed by atoms with Gasteiger partial charge >= 0.3 is 0 Å². The van der Waals surface area contributed by atoms with Crippen molar-refractivity contribution < 1.29 is 0 Å². The van der Waals surface area contributed by atoms with E-state index >= 15 is 0 Å². The molecule has 108 valence electrons. The smallest absolute Gasteiger partial charge is 0.258 e. The van der Waals surface area contributed by atoms with Gasteiger partial charge in [0, 0.05) is 12.1 Å². The van der Waals surface area contributed by atoms with E-state index in [1.54, 1.807) is 25.2 Å². The van der Waals surface area contributed by atoms with Crippen molar-refractivity contribution in [2.24, 2.45) is 0 Å². The quantitative estimate of drug-likeness (QED) is 0.711. The molecular weight excluding hydrogens is 330 g/mol. The van der Waals surface area contributed by atoms with Crippen LogP contribution in [-0.4, -0.2) is 27.2 Å². The number of aromatic nitrogens is 4.